The highest BCUT2D eigenvalue weighted by molar-refractivity contribution is 5.71. The maximum atomic E-state index is 12.8. The minimum Gasteiger partial charge on any atom is -0.462 e. The first-order chi connectivity index (χ1) is 38.0. The summed E-state index contributed by atoms with van der Waals surface area (Å²) in [4.78, 5) is 38.1. The molecule has 0 aliphatic rings. The van der Waals surface area contributed by atoms with E-state index in [1.807, 2.05) is 0 Å². The summed E-state index contributed by atoms with van der Waals surface area (Å²) in [6.45, 7) is 6.41. The lowest BCUT2D eigenvalue weighted by molar-refractivity contribution is -0.167. The molecule has 0 fully saturated rings. The van der Waals surface area contributed by atoms with Crippen LogP contribution in [0.5, 0.6) is 0 Å². The topological polar surface area (TPSA) is 78.9 Å². The number of unbranched alkanes of at least 4 members (excludes halogenated alkanes) is 35. The lowest BCUT2D eigenvalue weighted by Crippen LogP contribution is -2.30. The van der Waals surface area contributed by atoms with Gasteiger partial charge in [0.2, 0.25) is 0 Å². The molecule has 77 heavy (non-hydrogen) atoms. The predicted molar refractivity (Wildman–Crippen MR) is 334 cm³/mol. The van der Waals surface area contributed by atoms with Crippen molar-refractivity contribution in [1.29, 1.82) is 0 Å². The van der Waals surface area contributed by atoms with Gasteiger partial charge in [0.1, 0.15) is 13.2 Å². The number of allylic oxidation sites excluding steroid dienone is 14. The van der Waals surface area contributed by atoms with Gasteiger partial charge in [-0.2, -0.15) is 0 Å². The predicted octanol–water partition coefficient (Wildman–Crippen LogP) is 22.7. The lowest BCUT2D eigenvalue weighted by atomic mass is 10.0. The summed E-state index contributed by atoms with van der Waals surface area (Å²) in [6.07, 6.45) is 86.3. The van der Waals surface area contributed by atoms with Crippen molar-refractivity contribution in [3.05, 3.63) is 85.1 Å². The van der Waals surface area contributed by atoms with E-state index in [4.69, 9.17) is 14.2 Å². The van der Waals surface area contributed by atoms with Gasteiger partial charge in [-0.15, -0.1) is 0 Å². The number of carbonyl (C=O) groups is 3. The summed E-state index contributed by atoms with van der Waals surface area (Å²) in [6, 6.07) is 0. The molecule has 6 nitrogen and oxygen atoms in total. The van der Waals surface area contributed by atoms with Crippen molar-refractivity contribution in [2.45, 2.75) is 335 Å². The third-order valence-corrected chi connectivity index (χ3v) is 14.4. The average molecular weight is 1070 g/mol. The first kappa shape index (κ1) is 73.6. The van der Waals surface area contributed by atoms with Crippen LogP contribution in [0, 0.1) is 0 Å². The van der Waals surface area contributed by atoms with Crippen LogP contribution in [0.15, 0.2) is 85.1 Å². The number of rotatable bonds is 60. The van der Waals surface area contributed by atoms with Crippen molar-refractivity contribution < 1.29 is 28.6 Å². The van der Waals surface area contributed by atoms with Gasteiger partial charge in [-0.05, 0) is 89.9 Å². The number of ether oxygens (including phenoxy) is 3. The summed E-state index contributed by atoms with van der Waals surface area (Å²) in [7, 11) is 0. The fourth-order valence-corrected chi connectivity index (χ4v) is 9.51. The van der Waals surface area contributed by atoms with Crippen LogP contribution in [-0.4, -0.2) is 37.2 Å². The minimum absolute atomic E-state index is 0.0784. The van der Waals surface area contributed by atoms with E-state index in [0.717, 1.165) is 122 Å². The molecule has 0 aromatic rings. The molecule has 0 amide bonds. The fourth-order valence-electron chi connectivity index (χ4n) is 9.51. The first-order valence-electron chi connectivity index (χ1n) is 33.1. The smallest absolute Gasteiger partial charge is 0.306 e. The molecule has 0 radical (unpaired) electrons. The summed E-state index contributed by atoms with van der Waals surface area (Å²) in [5.41, 5.74) is 0. The van der Waals surface area contributed by atoms with Crippen LogP contribution < -0.4 is 0 Å². The van der Waals surface area contributed by atoms with E-state index in [0.29, 0.717) is 19.3 Å². The van der Waals surface area contributed by atoms with Crippen LogP contribution in [0.2, 0.25) is 0 Å². The van der Waals surface area contributed by atoms with Gasteiger partial charge < -0.3 is 14.2 Å². The second kappa shape index (κ2) is 65.1. The molecule has 0 aliphatic carbocycles. The molecule has 6 heteroatoms. The molecular formula is C71H124O6. The van der Waals surface area contributed by atoms with E-state index in [2.05, 4.69) is 106 Å². The largest absolute Gasteiger partial charge is 0.462 e. The highest BCUT2D eigenvalue weighted by Gasteiger charge is 2.19. The molecule has 0 spiro atoms. The Morgan fingerprint density at radius 3 is 0.792 bits per heavy atom. The molecule has 0 bridgehead atoms. The van der Waals surface area contributed by atoms with E-state index < -0.39 is 6.10 Å². The normalized spacial score (nSPS) is 12.6. The second-order valence-electron chi connectivity index (χ2n) is 22.0. The Bertz CT molecular complexity index is 1470. The Balaban J connectivity index is 4.01. The van der Waals surface area contributed by atoms with Crippen LogP contribution in [0.25, 0.3) is 0 Å². The van der Waals surface area contributed by atoms with Crippen LogP contribution in [0.4, 0.5) is 0 Å². The summed E-state index contributed by atoms with van der Waals surface area (Å²) >= 11 is 0. The highest BCUT2D eigenvalue weighted by Crippen LogP contribution is 2.17. The minimum atomic E-state index is -0.781. The zero-order chi connectivity index (χ0) is 55.7. The van der Waals surface area contributed by atoms with Gasteiger partial charge in [0.25, 0.3) is 0 Å². The van der Waals surface area contributed by atoms with Crippen LogP contribution in [-0.2, 0) is 28.6 Å². The maximum absolute atomic E-state index is 12.8. The van der Waals surface area contributed by atoms with Crippen molar-refractivity contribution >= 4 is 17.9 Å². The van der Waals surface area contributed by atoms with Gasteiger partial charge in [-0.25, -0.2) is 0 Å². The van der Waals surface area contributed by atoms with Gasteiger partial charge in [-0.1, -0.05) is 305 Å². The number of hydrogen-bond acceptors (Lipinski definition) is 6. The SMILES string of the molecule is CC/C=C\C/C=C\C/C=C\C/C=C\CCCCCCCCCCCCCCCCCCCCCCCCC(=O)OCC(COC(=O)CCCCCCCCCCC)OC(=O)CCCCCCC/C=C\C/C=C\C/C=C\CC. The average Bonchev–Trinajstić information content (AvgIpc) is 3.43. The fraction of sp³-hybridized carbons (Fsp3) is 0.761. The van der Waals surface area contributed by atoms with Crippen LogP contribution >= 0.6 is 0 Å². The van der Waals surface area contributed by atoms with Gasteiger partial charge in [0.15, 0.2) is 6.10 Å². The molecule has 1 atom stereocenters. The first-order valence-corrected chi connectivity index (χ1v) is 33.1. The van der Waals surface area contributed by atoms with Gasteiger partial charge in [0, 0.05) is 19.3 Å². The molecule has 444 valence electrons. The van der Waals surface area contributed by atoms with E-state index in [1.54, 1.807) is 0 Å². The Morgan fingerprint density at radius 2 is 0.506 bits per heavy atom. The molecule has 0 aliphatic heterocycles. The monoisotopic (exact) mass is 1070 g/mol. The molecule has 0 aromatic heterocycles. The third-order valence-electron chi connectivity index (χ3n) is 14.4. The van der Waals surface area contributed by atoms with Crippen molar-refractivity contribution in [2.75, 3.05) is 13.2 Å². The molecule has 0 rings (SSSR count). The second-order valence-corrected chi connectivity index (χ2v) is 22.0. The van der Waals surface area contributed by atoms with Crippen molar-refractivity contribution in [3.8, 4) is 0 Å². The van der Waals surface area contributed by atoms with Crippen molar-refractivity contribution in [3.63, 3.8) is 0 Å². The van der Waals surface area contributed by atoms with Gasteiger partial charge >= 0.3 is 17.9 Å². The Labute approximate surface area is 477 Å². The standard InChI is InChI=1S/C71H124O6/c1-4-7-10-13-16-19-21-23-25-26-27-28-29-30-31-32-33-34-35-36-37-38-39-40-41-42-43-44-46-47-49-52-55-58-61-64-70(73)76-67-68(66-75-69(72)63-60-57-54-51-18-15-12-9-6-3)77-71(74)65-62-59-56-53-50-48-45-24-22-20-17-14-11-8-5-2/h7-8,10-11,16-17,19-20,23-25,27-28,45,68H,4-6,9,12-15,18,21-22,26,29-44,46-67H2,1-3H3/b10-7-,11-8-,19-16-,20-17-,25-23-,28-27-,45-24-. The van der Waals surface area contributed by atoms with Crippen LogP contribution in [0.3, 0.4) is 0 Å². The van der Waals surface area contributed by atoms with E-state index in [9.17, 15) is 14.4 Å². The highest BCUT2D eigenvalue weighted by atomic mass is 16.6. The summed E-state index contributed by atoms with van der Waals surface area (Å²) in [5, 5.41) is 0. The molecule has 0 aromatic carbocycles. The summed E-state index contributed by atoms with van der Waals surface area (Å²) < 4.78 is 16.9. The third kappa shape index (κ3) is 63.3. The summed E-state index contributed by atoms with van der Waals surface area (Å²) in [5.74, 6) is -0.884. The molecule has 0 saturated heterocycles. The van der Waals surface area contributed by atoms with E-state index in [1.165, 1.54) is 167 Å². The van der Waals surface area contributed by atoms with Crippen molar-refractivity contribution in [1.82, 2.24) is 0 Å². The molecule has 0 N–H and O–H groups in total. The van der Waals surface area contributed by atoms with Crippen LogP contribution in [0.1, 0.15) is 329 Å². The Hall–Kier alpha value is -3.41. The Kier molecular flexibility index (Phi) is 62.2. The lowest BCUT2D eigenvalue weighted by Gasteiger charge is -2.18. The zero-order valence-electron chi connectivity index (χ0n) is 51.0. The van der Waals surface area contributed by atoms with Gasteiger partial charge in [-0.3, -0.25) is 14.4 Å². The quantitative estimate of drug-likeness (QED) is 0.0261. The van der Waals surface area contributed by atoms with Crippen molar-refractivity contribution in [2.24, 2.45) is 0 Å². The van der Waals surface area contributed by atoms with E-state index >= 15 is 0 Å². The Morgan fingerprint density at radius 1 is 0.273 bits per heavy atom. The number of esters is 3. The molecular weight excluding hydrogens is 949 g/mol. The number of hydrogen-bond donors (Lipinski definition) is 0. The molecule has 0 heterocycles. The molecule has 1 unspecified atom stereocenters. The van der Waals surface area contributed by atoms with Gasteiger partial charge in [0.05, 0.1) is 0 Å². The molecule has 0 saturated carbocycles. The zero-order valence-corrected chi connectivity index (χ0v) is 51.0. The maximum Gasteiger partial charge on any atom is 0.306 e. The van der Waals surface area contributed by atoms with E-state index in [-0.39, 0.29) is 31.1 Å². The number of carbonyl (C=O) groups excluding carboxylic acids is 3.